The van der Waals surface area contributed by atoms with Gasteiger partial charge in [0.1, 0.15) is 0 Å². The van der Waals surface area contributed by atoms with Gasteiger partial charge in [-0.3, -0.25) is 4.79 Å². The standard InChI is InChI=1S/C10H15NO2/c1-2-9(12)11-8-5-6-13-10(8)7-3-4-7/h2,7-8,10H,1,3-6H2,(H,11,12)/t8-,10+/m1/s1. The Morgan fingerprint density at radius 3 is 2.85 bits per heavy atom. The zero-order chi connectivity index (χ0) is 9.26. The van der Waals surface area contributed by atoms with E-state index < -0.39 is 0 Å². The lowest BCUT2D eigenvalue weighted by molar-refractivity contribution is -0.117. The van der Waals surface area contributed by atoms with Crippen molar-refractivity contribution >= 4 is 5.91 Å². The van der Waals surface area contributed by atoms with E-state index in [2.05, 4.69) is 11.9 Å². The van der Waals surface area contributed by atoms with Gasteiger partial charge in [0.2, 0.25) is 5.91 Å². The minimum absolute atomic E-state index is 0.0823. The SMILES string of the molecule is C=CC(=O)N[C@@H]1CCO[C@H]1C1CC1. The van der Waals surface area contributed by atoms with Crippen LogP contribution < -0.4 is 5.32 Å². The summed E-state index contributed by atoms with van der Waals surface area (Å²) >= 11 is 0. The van der Waals surface area contributed by atoms with Gasteiger partial charge in [-0.15, -0.1) is 0 Å². The van der Waals surface area contributed by atoms with E-state index in [1.54, 1.807) is 0 Å². The van der Waals surface area contributed by atoms with Crippen molar-refractivity contribution in [2.75, 3.05) is 6.61 Å². The maximum absolute atomic E-state index is 11.1. The van der Waals surface area contributed by atoms with E-state index >= 15 is 0 Å². The number of nitrogens with one attached hydrogen (secondary N) is 1. The number of hydrogen-bond donors (Lipinski definition) is 1. The first-order valence-corrected chi connectivity index (χ1v) is 4.86. The Bertz CT molecular complexity index is 223. The van der Waals surface area contributed by atoms with Gasteiger partial charge in [-0.2, -0.15) is 0 Å². The Labute approximate surface area is 78.1 Å². The normalized spacial score (nSPS) is 32.9. The average molecular weight is 181 g/mol. The predicted octanol–water partition coefficient (Wildman–Crippen LogP) is 0.856. The lowest BCUT2D eigenvalue weighted by Gasteiger charge is -2.18. The van der Waals surface area contributed by atoms with Crippen LogP contribution in [0.15, 0.2) is 12.7 Å². The second-order valence-electron chi connectivity index (χ2n) is 3.78. The molecular formula is C10H15NO2. The highest BCUT2D eigenvalue weighted by atomic mass is 16.5. The molecule has 13 heavy (non-hydrogen) atoms. The molecule has 1 saturated carbocycles. The van der Waals surface area contributed by atoms with Crippen molar-refractivity contribution in [3.8, 4) is 0 Å². The molecule has 0 spiro atoms. The van der Waals surface area contributed by atoms with Crippen molar-refractivity contribution < 1.29 is 9.53 Å². The molecule has 1 aliphatic carbocycles. The summed E-state index contributed by atoms with van der Waals surface area (Å²) in [5.74, 6) is 0.610. The molecule has 1 N–H and O–H groups in total. The highest BCUT2D eigenvalue weighted by molar-refractivity contribution is 5.87. The highest BCUT2D eigenvalue weighted by Gasteiger charge is 2.40. The Hall–Kier alpha value is -0.830. The minimum Gasteiger partial charge on any atom is -0.376 e. The van der Waals surface area contributed by atoms with Crippen LogP contribution in [0.4, 0.5) is 0 Å². The van der Waals surface area contributed by atoms with Crippen LogP contribution in [0.1, 0.15) is 19.3 Å². The van der Waals surface area contributed by atoms with E-state index in [1.165, 1.54) is 18.9 Å². The Morgan fingerprint density at radius 2 is 2.23 bits per heavy atom. The molecule has 1 aliphatic heterocycles. The van der Waals surface area contributed by atoms with Gasteiger partial charge in [0.15, 0.2) is 0 Å². The molecule has 2 atom stereocenters. The van der Waals surface area contributed by atoms with Crippen molar-refractivity contribution in [2.24, 2.45) is 5.92 Å². The van der Waals surface area contributed by atoms with E-state index in [9.17, 15) is 4.79 Å². The minimum atomic E-state index is -0.0823. The van der Waals surface area contributed by atoms with E-state index in [0.717, 1.165) is 13.0 Å². The molecule has 0 aromatic carbocycles. The van der Waals surface area contributed by atoms with Gasteiger partial charge in [-0.05, 0) is 31.3 Å². The third-order valence-electron chi connectivity index (χ3n) is 2.74. The van der Waals surface area contributed by atoms with Crippen molar-refractivity contribution in [3.05, 3.63) is 12.7 Å². The first-order chi connectivity index (χ1) is 6.31. The summed E-state index contributed by atoms with van der Waals surface area (Å²) in [6.45, 7) is 4.22. The van der Waals surface area contributed by atoms with Crippen molar-refractivity contribution in [2.45, 2.75) is 31.4 Å². The fraction of sp³-hybridized carbons (Fsp3) is 0.700. The highest BCUT2D eigenvalue weighted by Crippen LogP contribution is 2.38. The molecule has 0 radical (unpaired) electrons. The molecule has 3 nitrogen and oxygen atoms in total. The Kier molecular flexibility index (Phi) is 2.36. The fourth-order valence-corrected chi connectivity index (χ4v) is 1.90. The average Bonchev–Trinajstić information content (AvgIpc) is 2.88. The van der Waals surface area contributed by atoms with Crippen LogP contribution in [0.5, 0.6) is 0 Å². The fourth-order valence-electron chi connectivity index (χ4n) is 1.90. The first-order valence-electron chi connectivity index (χ1n) is 4.86. The Balaban J connectivity index is 1.89. The molecule has 0 unspecified atom stereocenters. The molecular weight excluding hydrogens is 166 g/mol. The predicted molar refractivity (Wildman–Crippen MR) is 49.2 cm³/mol. The van der Waals surface area contributed by atoms with Crippen molar-refractivity contribution in [1.29, 1.82) is 0 Å². The van der Waals surface area contributed by atoms with Gasteiger partial charge in [0.05, 0.1) is 12.1 Å². The Morgan fingerprint density at radius 1 is 1.46 bits per heavy atom. The van der Waals surface area contributed by atoms with Gasteiger partial charge in [0.25, 0.3) is 0 Å². The van der Waals surface area contributed by atoms with Gasteiger partial charge < -0.3 is 10.1 Å². The molecule has 0 bridgehead atoms. The summed E-state index contributed by atoms with van der Waals surface area (Å²) in [4.78, 5) is 11.1. The molecule has 0 aromatic heterocycles. The number of hydrogen-bond acceptors (Lipinski definition) is 2. The molecule has 2 fully saturated rings. The molecule has 0 aromatic rings. The van der Waals surface area contributed by atoms with Gasteiger partial charge in [-0.1, -0.05) is 6.58 Å². The third-order valence-corrected chi connectivity index (χ3v) is 2.74. The maximum Gasteiger partial charge on any atom is 0.243 e. The van der Waals surface area contributed by atoms with Crippen LogP contribution in [0.3, 0.4) is 0 Å². The molecule has 72 valence electrons. The van der Waals surface area contributed by atoms with E-state index in [-0.39, 0.29) is 18.1 Å². The second-order valence-corrected chi connectivity index (χ2v) is 3.78. The van der Waals surface area contributed by atoms with Crippen molar-refractivity contribution in [1.82, 2.24) is 5.32 Å². The summed E-state index contributed by atoms with van der Waals surface area (Å²) in [6, 6.07) is 0.220. The van der Waals surface area contributed by atoms with Gasteiger partial charge in [0, 0.05) is 6.61 Å². The third kappa shape index (κ3) is 1.91. The number of amides is 1. The van der Waals surface area contributed by atoms with Crippen LogP contribution in [-0.2, 0) is 9.53 Å². The quantitative estimate of drug-likeness (QED) is 0.656. The van der Waals surface area contributed by atoms with Gasteiger partial charge >= 0.3 is 0 Å². The van der Waals surface area contributed by atoms with Crippen LogP contribution in [0.2, 0.25) is 0 Å². The number of carbonyl (C=O) groups excluding carboxylic acids is 1. The molecule has 2 aliphatic rings. The summed E-state index contributed by atoms with van der Waals surface area (Å²) in [5, 5.41) is 2.92. The van der Waals surface area contributed by atoms with Gasteiger partial charge in [-0.25, -0.2) is 0 Å². The van der Waals surface area contributed by atoms with E-state index in [0.29, 0.717) is 5.92 Å². The monoisotopic (exact) mass is 181 g/mol. The van der Waals surface area contributed by atoms with Crippen LogP contribution in [-0.4, -0.2) is 24.7 Å². The molecule has 3 heteroatoms. The summed E-state index contributed by atoms with van der Waals surface area (Å²) < 4.78 is 5.59. The zero-order valence-electron chi connectivity index (χ0n) is 7.66. The smallest absolute Gasteiger partial charge is 0.243 e. The number of ether oxygens (including phenoxy) is 1. The summed E-state index contributed by atoms with van der Waals surface area (Å²) in [5.41, 5.74) is 0. The maximum atomic E-state index is 11.1. The number of rotatable bonds is 3. The van der Waals surface area contributed by atoms with Crippen LogP contribution >= 0.6 is 0 Å². The van der Waals surface area contributed by atoms with E-state index in [1.807, 2.05) is 0 Å². The van der Waals surface area contributed by atoms with Crippen molar-refractivity contribution in [3.63, 3.8) is 0 Å². The lowest BCUT2D eigenvalue weighted by Crippen LogP contribution is -2.40. The molecule has 1 heterocycles. The first kappa shape index (κ1) is 8.75. The second kappa shape index (κ2) is 3.50. The zero-order valence-corrected chi connectivity index (χ0v) is 7.66. The van der Waals surface area contributed by atoms with Crippen LogP contribution in [0.25, 0.3) is 0 Å². The molecule has 1 saturated heterocycles. The topological polar surface area (TPSA) is 38.3 Å². The summed E-state index contributed by atoms with van der Waals surface area (Å²) in [7, 11) is 0. The van der Waals surface area contributed by atoms with E-state index in [4.69, 9.17) is 4.74 Å². The summed E-state index contributed by atoms with van der Waals surface area (Å²) in [6.07, 6.45) is 5.04. The van der Waals surface area contributed by atoms with Crippen LogP contribution in [0, 0.1) is 5.92 Å². The molecule has 1 amide bonds. The molecule has 2 rings (SSSR count). The lowest BCUT2D eigenvalue weighted by atomic mass is 10.1. The largest absolute Gasteiger partial charge is 0.376 e. The number of carbonyl (C=O) groups is 1.